The van der Waals surface area contributed by atoms with E-state index < -0.39 is 6.04 Å². The summed E-state index contributed by atoms with van der Waals surface area (Å²) in [5.41, 5.74) is 6.39. The molecule has 1 unspecified atom stereocenters. The third-order valence-electron chi connectivity index (χ3n) is 2.06. The Morgan fingerprint density at radius 2 is 2.06 bits per heavy atom. The largest absolute Gasteiger partial charge is 0.394 e. The molecule has 0 aliphatic rings. The standard InChI is InChI=1S/C10H10BrN3O2/c11-7-3-1-6(2-4-7)9-13-10(16-14-9)8(12)5-15/h1-4,8,15H,5,12H2. The molecule has 5 nitrogen and oxygen atoms in total. The summed E-state index contributed by atoms with van der Waals surface area (Å²) >= 11 is 3.34. The van der Waals surface area contributed by atoms with Gasteiger partial charge in [-0.25, -0.2) is 0 Å². The van der Waals surface area contributed by atoms with Gasteiger partial charge < -0.3 is 15.4 Å². The van der Waals surface area contributed by atoms with Crippen LogP contribution in [0.15, 0.2) is 33.3 Å². The fraction of sp³-hybridized carbons (Fsp3) is 0.200. The number of halogens is 1. The Kier molecular flexibility index (Phi) is 3.33. The SMILES string of the molecule is NC(CO)c1nc(-c2ccc(Br)cc2)no1. The number of nitrogens with two attached hydrogens (primary N) is 1. The van der Waals surface area contributed by atoms with Gasteiger partial charge in [0.15, 0.2) is 0 Å². The Bertz CT molecular complexity index is 469. The van der Waals surface area contributed by atoms with Gasteiger partial charge in [-0.1, -0.05) is 21.1 Å². The number of nitrogens with zero attached hydrogens (tertiary/aromatic N) is 2. The number of aromatic nitrogens is 2. The first-order chi connectivity index (χ1) is 7.70. The monoisotopic (exact) mass is 283 g/mol. The molecule has 1 heterocycles. The number of benzene rings is 1. The summed E-state index contributed by atoms with van der Waals surface area (Å²) < 4.78 is 5.92. The lowest BCUT2D eigenvalue weighted by Crippen LogP contribution is -2.14. The average Bonchev–Trinajstić information content (AvgIpc) is 2.78. The Hall–Kier alpha value is -1.24. The van der Waals surface area contributed by atoms with E-state index in [1.54, 1.807) is 0 Å². The highest BCUT2D eigenvalue weighted by Crippen LogP contribution is 2.20. The molecule has 0 spiro atoms. The molecule has 0 saturated carbocycles. The van der Waals surface area contributed by atoms with Crippen LogP contribution in [-0.4, -0.2) is 21.9 Å². The summed E-state index contributed by atoms with van der Waals surface area (Å²) in [6, 6.07) is 6.87. The smallest absolute Gasteiger partial charge is 0.246 e. The Balaban J connectivity index is 2.28. The van der Waals surface area contributed by atoms with E-state index in [0.29, 0.717) is 5.82 Å². The average molecular weight is 284 g/mol. The van der Waals surface area contributed by atoms with Gasteiger partial charge in [-0.2, -0.15) is 4.98 Å². The molecule has 0 aliphatic carbocycles. The minimum Gasteiger partial charge on any atom is -0.394 e. The van der Waals surface area contributed by atoms with E-state index in [0.717, 1.165) is 10.0 Å². The van der Waals surface area contributed by atoms with Crippen LogP contribution in [0.1, 0.15) is 11.9 Å². The van der Waals surface area contributed by atoms with Gasteiger partial charge in [0, 0.05) is 10.0 Å². The maximum Gasteiger partial charge on any atom is 0.246 e. The Morgan fingerprint density at radius 1 is 1.38 bits per heavy atom. The second-order valence-electron chi connectivity index (χ2n) is 3.25. The molecule has 0 saturated heterocycles. The van der Waals surface area contributed by atoms with Crippen molar-refractivity contribution >= 4 is 15.9 Å². The summed E-state index contributed by atoms with van der Waals surface area (Å²) in [6.07, 6.45) is 0. The van der Waals surface area contributed by atoms with Gasteiger partial charge >= 0.3 is 0 Å². The number of aliphatic hydroxyl groups excluding tert-OH is 1. The highest BCUT2D eigenvalue weighted by molar-refractivity contribution is 9.10. The van der Waals surface area contributed by atoms with Crippen LogP contribution in [0, 0.1) is 0 Å². The lowest BCUT2D eigenvalue weighted by molar-refractivity contribution is 0.237. The predicted octanol–water partition coefficient (Wildman–Crippen LogP) is 1.49. The lowest BCUT2D eigenvalue weighted by atomic mass is 10.2. The second kappa shape index (κ2) is 4.73. The zero-order chi connectivity index (χ0) is 11.5. The fourth-order valence-corrected chi connectivity index (χ4v) is 1.44. The van der Waals surface area contributed by atoms with Gasteiger partial charge in [0.1, 0.15) is 6.04 Å². The van der Waals surface area contributed by atoms with Crippen LogP contribution in [-0.2, 0) is 0 Å². The van der Waals surface area contributed by atoms with Crippen LogP contribution in [0.4, 0.5) is 0 Å². The van der Waals surface area contributed by atoms with Crippen molar-refractivity contribution in [3.8, 4) is 11.4 Å². The quantitative estimate of drug-likeness (QED) is 0.892. The fourth-order valence-electron chi connectivity index (χ4n) is 1.18. The molecule has 2 rings (SSSR count). The van der Waals surface area contributed by atoms with E-state index in [2.05, 4.69) is 26.1 Å². The molecule has 1 aromatic heterocycles. The summed E-state index contributed by atoms with van der Waals surface area (Å²) in [5, 5.41) is 12.6. The van der Waals surface area contributed by atoms with Gasteiger partial charge in [0.25, 0.3) is 0 Å². The number of rotatable bonds is 3. The molecule has 6 heteroatoms. The third kappa shape index (κ3) is 2.29. The van der Waals surface area contributed by atoms with Crippen LogP contribution in [0.3, 0.4) is 0 Å². The molecule has 2 aromatic rings. The van der Waals surface area contributed by atoms with Gasteiger partial charge in [-0.05, 0) is 24.3 Å². The first-order valence-corrected chi connectivity index (χ1v) is 5.46. The van der Waals surface area contributed by atoms with Crippen molar-refractivity contribution in [2.45, 2.75) is 6.04 Å². The van der Waals surface area contributed by atoms with Crippen molar-refractivity contribution in [2.24, 2.45) is 5.73 Å². The van der Waals surface area contributed by atoms with Crippen molar-refractivity contribution in [1.82, 2.24) is 10.1 Å². The molecule has 84 valence electrons. The zero-order valence-electron chi connectivity index (χ0n) is 8.30. The zero-order valence-corrected chi connectivity index (χ0v) is 9.89. The molecule has 1 aromatic carbocycles. The predicted molar refractivity (Wildman–Crippen MR) is 61.4 cm³/mol. The summed E-state index contributed by atoms with van der Waals surface area (Å²) in [5.74, 6) is 0.701. The molecule has 0 radical (unpaired) electrons. The van der Waals surface area contributed by atoms with Gasteiger partial charge in [0.2, 0.25) is 11.7 Å². The van der Waals surface area contributed by atoms with Crippen LogP contribution < -0.4 is 5.73 Å². The summed E-state index contributed by atoms with van der Waals surface area (Å²) in [4.78, 5) is 4.10. The maximum absolute atomic E-state index is 8.85. The minimum atomic E-state index is -0.628. The van der Waals surface area contributed by atoms with Gasteiger partial charge in [-0.3, -0.25) is 0 Å². The van der Waals surface area contributed by atoms with Crippen LogP contribution in [0.25, 0.3) is 11.4 Å². The van der Waals surface area contributed by atoms with E-state index >= 15 is 0 Å². The molecule has 0 fully saturated rings. The van der Waals surface area contributed by atoms with Gasteiger partial charge in [0.05, 0.1) is 6.61 Å². The Labute approximate surface area is 100 Å². The van der Waals surface area contributed by atoms with Crippen LogP contribution >= 0.6 is 15.9 Å². The number of aliphatic hydroxyl groups is 1. The van der Waals surface area contributed by atoms with Crippen molar-refractivity contribution in [3.05, 3.63) is 34.6 Å². The maximum atomic E-state index is 8.85. The van der Waals surface area contributed by atoms with Crippen molar-refractivity contribution < 1.29 is 9.63 Å². The molecule has 3 N–H and O–H groups in total. The highest BCUT2D eigenvalue weighted by atomic mass is 79.9. The summed E-state index contributed by atoms with van der Waals surface area (Å²) in [6.45, 7) is -0.220. The molecular weight excluding hydrogens is 274 g/mol. The van der Waals surface area contributed by atoms with Crippen molar-refractivity contribution in [1.29, 1.82) is 0 Å². The molecule has 16 heavy (non-hydrogen) atoms. The van der Waals surface area contributed by atoms with E-state index in [9.17, 15) is 0 Å². The topological polar surface area (TPSA) is 85.2 Å². The summed E-state index contributed by atoms with van der Waals surface area (Å²) in [7, 11) is 0. The van der Waals surface area contributed by atoms with E-state index in [-0.39, 0.29) is 12.5 Å². The van der Waals surface area contributed by atoms with Crippen LogP contribution in [0.2, 0.25) is 0 Å². The molecule has 0 aliphatic heterocycles. The van der Waals surface area contributed by atoms with E-state index in [1.807, 2.05) is 24.3 Å². The minimum absolute atomic E-state index is 0.220. The van der Waals surface area contributed by atoms with E-state index in [1.165, 1.54) is 0 Å². The van der Waals surface area contributed by atoms with Gasteiger partial charge in [-0.15, -0.1) is 0 Å². The Morgan fingerprint density at radius 3 is 2.69 bits per heavy atom. The first kappa shape index (κ1) is 11.3. The number of hydrogen-bond acceptors (Lipinski definition) is 5. The van der Waals surface area contributed by atoms with E-state index in [4.69, 9.17) is 15.4 Å². The molecule has 0 amide bonds. The lowest BCUT2D eigenvalue weighted by Gasteiger charge is -1.98. The second-order valence-corrected chi connectivity index (χ2v) is 4.17. The first-order valence-electron chi connectivity index (χ1n) is 4.66. The highest BCUT2D eigenvalue weighted by Gasteiger charge is 2.14. The normalized spacial score (nSPS) is 12.7. The number of hydrogen-bond donors (Lipinski definition) is 2. The molecular formula is C10H10BrN3O2. The van der Waals surface area contributed by atoms with Crippen LogP contribution in [0.5, 0.6) is 0 Å². The third-order valence-corrected chi connectivity index (χ3v) is 2.59. The molecule has 0 bridgehead atoms. The molecule has 1 atom stereocenters. The van der Waals surface area contributed by atoms with Crippen molar-refractivity contribution in [3.63, 3.8) is 0 Å². The van der Waals surface area contributed by atoms with Crippen molar-refractivity contribution in [2.75, 3.05) is 6.61 Å².